The third-order valence-corrected chi connectivity index (χ3v) is 6.80. The number of nitrogens with zero attached hydrogens (tertiary/aromatic N) is 3. The molecule has 4 rings (SSSR count). The van der Waals surface area contributed by atoms with Crippen LogP contribution in [0.15, 0.2) is 53.7 Å². The topological polar surface area (TPSA) is 69.0 Å². The van der Waals surface area contributed by atoms with Crippen molar-refractivity contribution in [1.82, 2.24) is 14.8 Å². The predicted molar refractivity (Wildman–Crippen MR) is 129 cm³/mol. The maximum atomic E-state index is 12.5. The van der Waals surface area contributed by atoms with E-state index in [4.69, 9.17) is 16.3 Å². The molecule has 0 saturated heterocycles. The van der Waals surface area contributed by atoms with E-state index >= 15 is 0 Å². The Bertz CT molecular complexity index is 1070. The summed E-state index contributed by atoms with van der Waals surface area (Å²) in [5.41, 5.74) is 2.09. The maximum Gasteiger partial charge on any atom is 0.234 e. The van der Waals surface area contributed by atoms with E-state index in [1.165, 1.54) is 17.3 Å². The summed E-state index contributed by atoms with van der Waals surface area (Å²) in [6.45, 7) is 4.66. The van der Waals surface area contributed by atoms with Gasteiger partial charge in [-0.1, -0.05) is 61.5 Å². The van der Waals surface area contributed by atoms with E-state index in [0.29, 0.717) is 22.7 Å². The zero-order valence-corrected chi connectivity index (χ0v) is 19.8. The minimum Gasteiger partial charge on any atom is -0.484 e. The van der Waals surface area contributed by atoms with Crippen molar-refractivity contribution in [2.75, 3.05) is 11.1 Å². The molecule has 1 N–H and O–H groups in total. The van der Waals surface area contributed by atoms with Gasteiger partial charge in [0.25, 0.3) is 0 Å². The lowest BCUT2D eigenvalue weighted by Crippen LogP contribution is -2.15. The summed E-state index contributed by atoms with van der Waals surface area (Å²) in [7, 11) is 0. The van der Waals surface area contributed by atoms with Crippen LogP contribution in [-0.4, -0.2) is 26.4 Å². The van der Waals surface area contributed by atoms with Crippen LogP contribution in [-0.2, 0) is 11.4 Å². The van der Waals surface area contributed by atoms with E-state index in [0.717, 1.165) is 35.9 Å². The second-order valence-corrected chi connectivity index (χ2v) is 9.34. The Labute approximate surface area is 197 Å². The number of rotatable bonds is 10. The minimum atomic E-state index is -0.0643. The summed E-state index contributed by atoms with van der Waals surface area (Å²) in [5, 5.41) is 12.9. The number of para-hydroxylation sites is 1. The van der Waals surface area contributed by atoms with Gasteiger partial charge in [0, 0.05) is 11.7 Å². The number of hydrogen-bond acceptors (Lipinski definition) is 5. The lowest BCUT2D eigenvalue weighted by molar-refractivity contribution is -0.113. The number of benzene rings is 2. The number of carbonyl (C=O) groups is 1. The van der Waals surface area contributed by atoms with Crippen LogP contribution in [0.5, 0.6) is 5.75 Å². The van der Waals surface area contributed by atoms with E-state index in [1.807, 2.05) is 30.3 Å². The predicted octanol–water partition coefficient (Wildman–Crippen LogP) is 6.09. The normalized spacial score (nSPS) is 14.2. The number of hydrogen-bond donors (Lipinski definition) is 1. The SMILES string of the molecule is CCC(C)c1ccc(NC(=O)CSc2nnc(COc3ccccc3Cl)n2C2CC2)cc1. The first-order valence-corrected chi connectivity index (χ1v) is 12.2. The van der Waals surface area contributed by atoms with Crippen LogP contribution in [0, 0.1) is 0 Å². The van der Waals surface area contributed by atoms with Gasteiger partial charge in [0.2, 0.25) is 5.91 Å². The van der Waals surface area contributed by atoms with Crippen molar-refractivity contribution in [3.05, 3.63) is 64.9 Å². The summed E-state index contributed by atoms with van der Waals surface area (Å²) in [4.78, 5) is 12.5. The Morgan fingerprint density at radius 1 is 1.22 bits per heavy atom. The number of nitrogens with one attached hydrogen (secondary N) is 1. The molecule has 168 valence electrons. The van der Waals surface area contributed by atoms with Gasteiger partial charge in [-0.2, -0.15) is 0 Å². The fourth-order valence-electron chi connectivity index (χ4n) is 3.37. The Morgan fingerprint density at radius 3 is 2.66 bits per heavy atom. The van der Waals surface area contributed by atoms with Gasteiger partial charge in [-0.05, 0) is 55.0 Å². The van der Waals surface area contributed by atoms with E-state index < -0.39 is 0 Å². The van der Waals surface area contributed by atoms with Gasteiger partial charge < -0.3 is 10.1 Å². The molecule has 32 heavy (non-hydrogen) atoms. The molecule has 1 saturated carbocycles. The highest BCUT2D eigenvalue weighted by atomic mass is 35.5. The molecule has 2 aromatic carbocycles. The van der Waals surface area contributed by atoms with Crippen molar-refractivity contribution in [3.63, 3.8) is 0 Å². The van der Waals surface area contributed by atoms with Gasteiger partial charge >= 0.3 is 0 Å². The molecular weight excluding hydrogens is 444 g/mol. The van der Waals surface area contributed by atoms with E-state index in [9.17, 15) is 4.79 Å². The summed E-state index contributed by atoms with van der Waals surface area (Å²) < 4.78 is 7.94. The van der Waals surface area contributed by atoms with Crippen molar-refractivity contribution < 1.29 is 9.53 Å². The average molecular weight is 471 g/mol. The molecule has 1 aromatic heterocycles. The summed E-state index contributed by atoms with van der Waals surface area (Å²) in [6, 6.07) is 15.8. The van der Waals surface area contributed by atoms with Crippen LogP contribution in [0.25, 0.3) is 0 Å². The third kappa shape index (κ3) is 5.64. The van der Waals surface area contributed by atoms with Gasteiger partial charge in [-0.25, -0.2) is 0 Å². The molecule has 6 nitrogen and oxygen atoms in total. The van der Waals surface area contributed by atoms with Gasteiger partial charge in [0.1, 0.15) is 12.4 Å². The largest absolute Gasteiger partial charge is 0.484 e. The second kappa shape index (κ2) is 10.4. The fourth-order valence-corrected chi connectivity index (χ4v) is 4.38. The molecule has 1 aliphatic rings. The number of ether oxygens (including phenoxy) is 1. The zero-order chi connectivity index (χ0) is 22.5. The lowest BCUT2D eigenvalue weighted by Gasteiger charge is -2.11. The highest BCUT2D eigenvalue weighted by Gasteiger charge is 2.30. The minimum absolute atomic E-state index is 0.0643. The van der Waals surface area contributed by atoms with Gasteiger partial charge in [-0.3, -0.25) is 9.36 Å². The first-order chi connectivity index (χ1) is 15.5. The van der Waals surface area contributed by atoms with Crippen molar-refractivity contribution in [1.29, 1.82) is 0 Å². The number of amides is 1. The molecule has 8 heteroatoms. The molecule has 3 aromatic rings. The zero-order valence-electron chi connectivity index (χ0n) is 18.3. The van der Waals surface area contributed by atoms with Crippen LogP contribution in [0.2, 0.25) is 5.02 Å². The molecule has 0 aliphatic heterocycles. The third-order valence-electron chi connectivity index (χ3n) is 5.55. The van der Waals surface area contributed by atoms with E-state index in [1.54, 1.807) is 6.07 Å². The van der Waals surface area contributed by atoms with Crippen LogP contribution >= 0.6 is 23.4 Å². The molecule has 1 aliphatic carbocycles. The van der Waals surface area contributed by atoms with Crippen molar-refractivity contribution in [2.24, 2.45) is 0 Å². The highest BCUT2D eigenvalue weighted by molar-refractivity contribution is 7.99. The summed E-state index contributed by atoms with van der Waals surface area (Å²) >= 11 is 7.57. The van der Waals surface area contributed by atoms with Crippen LogP contribution in [0.3, 0.4) is 0 Å². The monoisotopic (exact) mass is 470 g/mol. The summed E-state index contributed by atoms with van der Waals surface area (Å²) in [6.07, 6.45) is 3.26. The van der Waals surface area contributed by atoms with Gasteiger partial charge in [0.15, 0.2) is 11.0 Å². The van der Waals surface area contributed by atoms with Crippen LogP contribution < -0.4 is 10.1 Å². The smallest absolute Gasteiger partial charge is 0.234 e. The first-order valence-electron chi connectivity index (χ1n) is 10.9. The molecule has 1 amide bonds. The molecule has 1 atom stereocenters. The average Bonchev–Trinajstić information content (AvgIpc) is 3.57. The maximum absolute atomic E-state index is 12.5. The fraction of sp³-hybridized carbons (Fsp3) is 0.375. The number of carbonyl (C=O) groups excluding carboxylic acids is 1. The van der Waals surface area contributed by atoms with Crippen LogP contribution in [0.4, 0.5) is 5.69 Å². The molecule has 1 unspecified atom stereocenters. The highest BCUT2D eigenvalue weighted by Crippen LogP contribution is 2.39. The molecule has 0 bridgehead atoms. The molecule has 0 radical (unpaired) electrons. The molecular formula is C24H27ClN4O2S. The molecule has 0 spiro atoms. The Balaban J connectivity index is 1.35. The van der Waals surface area contributed by atoms with E-state index in [2.05, 4.69) is 46.1 Å². The van der Waals surface area contributed by atoms with Crippen molar-refractivity contribution in [3.8, 4) is 5.75 Å². The number of anilines is 1. The summed E-state index contributed by atoms with van der Waals surface area (Å²) in [5.74, 6) is 2.08. The standard InChI is InChI=1S/C24H27ClN4O2S/c1-3-16(2)17-8-10-18(11-9-17)26-23(30)15-32-24-28-27-22(29(24)19-12-13-19)14-31-21-7-5-4-6-20(21)25/h4-11,16,19H,3,12-15H2,1-2H3,(H,26,30). The van der Waals surface area contributed by atoms with Crippen molar-refractivity contribution in [2.45, 2.75) is 56.8 Å². The lowest BCUT2D eigenvalue weighted by atomic mass is 9.99. The quantitative estimate of drug-likeness (QED) is 0.363. The molecule has 1 heterocycles. The van der Waals surface area contributed by atoms with E-state index in [-0.39, 0.29) is 18.3 Å². The first kappa shape index (κ1) is 22.7. The second-order valence-electron chi connectivity index (χ2n) is 7.99. The number of aromatic nitrogens is 3. The Hall–Kier alpha value is -2.51. The Kier molecular flexibility index (Phi) is 7.37. The van der Waals surface area contributed by atoms with Gasteiger partial charge in [0.05, 0.1) is 10.8 Å². The van der Waals surface area contributed by atoms with Gasteiger partial charge in [-0.15, -0.1) is 10.2 Å². The number of halogens is 1. The van der Waals surface area contributed by atoms with Crippen molar-refractivity contribution >= 4 is 35.0 Å². The Morgan fingerprint density at radius 2 is 1.97 bits per heavy atom. The molecule has 1 fully saturated rings. The van der Waals surface area contributed by atoms with Crippen LogP contribution in [0.1, 0.15) is 56.5 Å². The number of thioether (sulfide) groups is 1.